The quantitative estimate of drug-likeness (QED) is 0.500. The van der Waals surface area contributed by atoms with Crippen molar-refractivity contribution in [3.05, 3.63) is 71.0 Å². The minimum absolute atomic E-state index is 0.111. The normalized spacial score (nSPS) is 14.0. The van der Waals surface area contributed by atoms with Crippen LogP contribution < -0.4 is 5.32 Å². The number of alkyl halides is 3. The molecule has 0 spiro atoms. The van der Waals surface area contributed by atoms with Crippen molar-refractivity contribution in [1.29, 1.82) is 0 Å². The van der Waals surface area contributed by atoms with Crippen molar-refractivity contribution in [3.63, 3.8) is 0 Å². The Hall–Kier alpha value is -2.74. The second kappa shape index (κ2) is 7.83. The van der Waals surface area contributed by atoms with Gasteiger partial charge in [0.25, 0.3) is 5.91 Å². The van der Waals surface area contributed by atoms with Crippen molar-refractivity contribution < 1.29 is 18.0 Å². The number of nitrogens with one attached hydrogen (secondary N) is 1. The van der Waals surface area contributed by atoms with Crippen LogP contribution in [0.2, 0.25) is 0 Å². The molecule has 156 valence electrons. The van der Waals surface area contributed by atoms with Crippen molar-refractivity contribution in [2.45, 2.75) is 36.8 Å². The van der Waals surface area contributed by atoms with Crippen LogP contribution in [0.4, 0.5) is 18.9 Å². The fraction of sp³-hybridized carbons (Fsp3) is 0.273. The number of aryl methyl sites for hydroxylation is 1. The fourth-order valence-corrected chi connectivity index (χ4v) is 3.71. The lowest BCUT2D eigenvalue weighted by molar-refractivity contribution is -0.141. The molecule has 1 aliphatic rings. The van der Waals surface area contributed by atoms with E-state index in [2.05, 4.69) is 10.4 Å². The predicted octanol–water partition coefficient (Wildman–Crippen LogP) is 6.05. The number of hydrogen-bond acceptors (Lipinski definition) is 3. The average molecular weight is 431 g/mol. The lowest BCUT2D eigenvalue weighted by atomic mass is 10.1. The Morgan fingerprint density at radius 3 is 2.43 bits per heavy atom. The summed E-state index contributed by atoms with van der Waals surface area (Å²) in [5.41, 5.74) is 2.24. The average Bonchev–Trinajstić information content (AvgIpc) is 3.45. The maximum absolute atomic E-state index is 13.1. The summed E-state index contributed by atoms with van der Waals surface area (Å²) in [5, 5.41) is 6.63. The summed E-state index contributed by atoms with van der Waals surface area (Å²) in [5.74, 6) is -0.118. The molecule has 4 rings (SSSR count). The SMILES string of the molecule is CSc1ccc(C)c(C(=O)Nc2ccc(-n3nc(C(F)(F)F)cc3C3CC3)cc2)c1. The zero-order valence-corrected chi connectivity index (χ0v) is 17.3. The van der Waals surface area contributed by atoms with Crippen LogP contribution in [-0.4, -0.2) is 21.9 Å². The van der Waals surface area contributed by atoms with E-state index >= 15 is 0 Å². The summed E-state index contributed by atoms with van der Waals surface area (Å²) < 4.78 is 40.7. The Morgan fingerprint density at radius 1 is 1.13 bits per heavy atom. The summed E-state index contributed by atoms with van der Waals surface area (Å²) in [7, 11) is 0. The van der Waals surface area contributed by atoms with Crippen LogP contribution in [0.5, 0.6) is 0 Å². The molecule has 1 heterocycles. The second-order valence-electron chi connectivity index (χ2n) is 7.32. The maximum atomic E-state index is 13.1. The highest BCUT2D eigenvalue weighted by molar-refractivity contribution is 7.98. The molecule has 0 unspecified atom stereocenters. The number of benzene rings is 2. The zero-order chi connectivity index (χ0) is 21.5. The Bertz CT molecular complexity index is 1090. The van der Waals surface area contributed by atoms with Gasteiger partial charge in [0, 0.05) is 27.8 Å². The first-order valence-electron chi connectivity index (χ1n) is 9.50. The van der Waals surface area contributed by atoms with Crippen molar-refractivity contribution in [2.75, 3.05) is 11.6 Å². The first kappa shape index (κ1) is 20.5. The van der Waals surface area contributed by atoms with E-state index in [1.165, 1.54) is 4.68 Å². The van der Waals surface area contributed by atoms with Gasteiger partial charge in [0.05, 0.1) is 5.69 Å². The van der Waals surface area contributed by atoms with Gasteiger partial charge in [-0.1, -0.05) is 6.07 Å². The third-order valence-corrected chi connectivity index (χ3v) is 5.81. The molecule has 8 heteroatoms. The zero-order valence-electron chi connectivity index (χ0n) is 16.5. The highest BCUT2D eigenvalue weighted by Crippen LogP contribution is 2.43. The maximum Gasteiger partial charge on any atom is 0.435 e. The summed E-state index contributed by atoms with van der Waals surface area (Å²) in [6.45, 7) is 1.87. The molecule has 0 bridgehead atoms. The molecular weight excluding hydrogens is 411 g/mol. The molecule has 1 aliphatic carbocycles. The van der Waals surface area contributed by atoms with Gasteiger partial charge in [-0.15, -0.1) is 11.8 Å². The van der Waals surface area contributed by atoms with E-state index in [1.807, 2.05) is 31.4 Å². The number of carbonyl (C=O) groups excluding carboxylic acids is 1. The van der Waals surface area contributed by atoms with Gasteiger partial charge in [0.2, 0.25) is 0 Å². The molecule has 0 atom stereocenters. The largest absolute Gasteiger partial charge is 0.435 e. The van der Waals surface area contributed by atoms with E-state index < -0.39 is 11.9 Å². The highest BCUT2D eigenvalue weighted by atomic mass is 32.2. The molecule has 0 saturated heterocycles. The van der Waals surface area contributed by atoms with Crippen molar-refractivity contribution >= 4 is 23.4 Å². The summed E-state index contributed by atoms with van der Waals surface area (Å²) in [6, 6.07) is 13.5. The molecule has 3 aromatic rings. The fourth-order valence-electron chi connectivity index (χ4n) is 3.27. The summed E-state index contributed by atoms with van der Waals surface area (Å²) in [4.78, 5) is 13.7. The van der Waals surface area contributed by atoms with Gasteiger partial charge in [-0.05, 0) is 74.0 Å². The van der Waals surface area contributed by atoms with Gasteiger partial charge in [0.1, 0.15) is 0 Å². The number of carbonyl (C=O) groups is 1. The van der Waals surface area contributed by atoms with Crippen LogP contribution in [0.15, 0.2) is 53.4 Å². The van der Waals surface area contributed by atoms with Gasteiger partial charge in [-0.3, -0.25) is 4.79 Å². The second-order valence-corrected chi connectivity index (χ2v) is 8.20. The third-order valence-electron chi connectivity index (χ3n) is 5.08. The molecule has 2 aromatic carbocycles. The summed E-state index contributed by atoms with van der Waals surface area (Å²) in [6.07, 6.45) is -0.802. The van der Waals surface area contributed by atoms with Crippen LogP contribution in [0.1, 0.15) is 46.1 Å². The molecule has 1 fully saturated rings. The molecule has 0 radical (unpaired) electrons. The Morgan fingerprint density at radius 2 is 1.83 bits per heavy atom. The molecule has 4 nitrogen and oxygen atoms in total. The Kier molecular flexibility index (Phi) is 5.36. The van der Waals surface area contributed by atoms with Crippen LogP contribution in [0.25, 0.3) is 5.69 Å². The third kappa shape index (κ3) is 4.23. The monoisotopic (exact) mass is 431 g/mol. The summed E-state index contributed by atoms with van der Waals surface area (Å²) >= 11 is 1.56. The van der Waals surface area contributed by atoms with Gasteiger partial charge in [-0.2, -0.15) is 18.3 Å². The number of halogens is 3. The van der Waals surface area contributed by atoms with Crippen LogP contribution in [0, 0.1) is 6.92 Å². The molecular formula is C22H20F3N3OS. The van der Waals surface area contributed by atoms with E-state index in [-0.39, 0.29) is 11.8 Å². The molecule has 1 N–H and O–H groups in total. The smallest absolute Gasteiger partial charge is 0.322 e. The Labute approximate surface area is 176 Å². The van der Waals surface area contributed by atoms with Gasteiger partial charge in [0.15, 0.2) is 5.69 Å². The standard InChI is InChI=1S/C22H20F3N3OS/c1-13-3-10-17(30-2)11-18(13)21(29)26-15-6-8-16(9-7-15)28-19(14-4-5-14)12-20(27-28)22(23,24)25/h3,6-12,14H,4-5H2,1-2H3,(H,26,29). The molecule has 1 saturated carbocycles. The van der Waals surface area contributed by atoms with Crippen molar-refractivity contribution in [3.8, 4) is 5.69 Å². The highest BCUT2D eigenvalue weighted by Gasteiger charge is 2.38. The van der Waals surface area contributed by atoms with E-state index in [9.17, 15) is 18.0 Å². The van der Waals surface area contributed by atoms with Crippen molar-refractivity contribution in [2.24, 2.45) is 0 Å². The van der Waals surface area contributed by atoms with Crippen LogP contribution in [-0.2, 0) is 6.18 Å². The van der Waals surface area contributed by atoms with Crippen molar-refractivity contribution in [1.82, 2.24) is 9.78 Å². The minimum atomic E-state index is -4.48. The van der Waals surface area contributed by atoms with E-state index in [4.69, 9.17) is 0 Å². The number of nitrogens with zero attached hydrogens (tertiary/aromatic N) is 2. The lowest BCUT2D eigenvalue weighted by Crippen LogP contribution is -2.13. The number of amides is 1. The van der Waals surface area contributed by atoms with E-state index in [0.29, 0.717) is 22.6 Å². The van der Waals surface area contributed by atoms with Gasteiger partial charge >= 0.3 is 6.18 Å². The molecule has 30 heavy (non-hydrogen) atoms. The number of rotatable bonds is 5. The van der Waals surface area contributed by atoms with Crippen LogP contribution >= 0.6 is 11.8 Å². The van der Waals surface area contributed by atoms with Crippen LogP contribution in [0.3, 0.4) is 0 Å². The first-order valence-corrected chi connectivity index (χ1v) is 10.7. The number of thioether (sulfide) groups is 1. The first-order chi connectivity index (χ1) is 14.3. The molecule has 1 amide bonds. The Balaban J connectivity index is 1.57. The number of hydrogen-bond donors (Lipinski definition) is 1. The predicted molar refractivity (Wildman–Crippen MR) is 111 cm³/mol. The van der Waals surface area contributed by atoms with E-state index in [1.54, 1.807) is 36.0 Å². The number of anilines is 1. The van der Waals surface area contributed by atoms with Gasteiger partial charge < -0.3 is 5.32 Å². The lowest BCUT2D eigenvalue weighted by Gasteiger charge is -2.11. The topological polar surface area (TPSA) is 46.9 Å². The number of aromatic nitrogens is 2. The molecule has 1 aromatic heterocycles. The minimum Gasteiger partial charge on any atom is -0.322 e. The van der Waals surface area contributed by atoms with E-state index in [0.717, 1.165) is 29.4 Å². The molecule has 0 aliphatic heterocycles. The van der Waals surface area contributed by atoms with Gasteiger partial charge in [-0.25, -0.2) is 4.68 Å².